The van der Waals surface area contributed by atoms with Crippen LogP contribution in [0.3, 0.4) is 0 Å². The number of carbonyl (C=O) groups is 2. The summed E-state index contributed by atoms with van der Waals surface area (Å²) in [5.74, 6) is 1.07. The van der Waals surface area contributed by atoms with E-state index in [1.807, 2.05) is 49.9 Å². The molecular weight excluding hydrogens is 318 g/mol. The van der Waals surface area contributed by atoms with Crippen LogP contribution in [0, 0.1) is 5.92 Å². The van der Waals surface area contributed by atoms with Crippen LogP contribution < -0.4 is 15.8 Å². The lowest BCUT2D eigenvalue weighted by Crippen LogP contribution is -2.42. The minimum absolute atomic E-state index is 0.0303. The average Bonchev–Trinajstić information content (AvgIpc) is 2.93. The van der Waals surface area contributed by atoms with Gasteiger partial charge in [0.1, 0.15) is 12.4 Å². The molecule has 25 heavy (non-hydrogen) atoms. The lowest BCUT2D eigenvalue weighted by atomic mass is 10.1. The maximum Gasteiger partial charge on any atom is 0.224 e. The third-order valence-electron chi connectivity index (χ3n) is 4.28. The van der Waals surface area contributed by atoms with Gasteiger partial charge >= 0.3 is 0 Å². The number of nitrogens with zero attached hydrogens (tertiary/aromatic N) is 1. The van der Waals surface area contributed by atoms with Crippen molar-refractivity contribution < 1.29 is 14.3 Å². The van der Waals surface area contributed by atoms with Crippen LogP contribution in [0.25, 0.3) is 0 Å². The molecule has 1 aliphatic rings. The smallest absolute Gasteiger partial charge is 0.224 e. The van der Waals surface area contributed by atoms with E-state index in [0.717, 1.165) is 11.3 Å². The van der Waals surface area contributed by atoms with E-state index in [0.29, 0.717) is 39.1 Å². The molecule has 2 amide bonds. The number of likely N-dealkylation sites (tertiary alicyclic amines) is 1. The van der Waals surface area contributed by atoms with E-state index in [1.165, 1.54) is 0 Å². The maximum atomic E-state index is 12.1. The van der Waals surface area contributed by atoms with Gasteiger partial charge in [-0.3, -0.25) is 9.59 Å². The number of ether oxygens (including phenoxy) is 1. The first-order valence-electron chi connectivity index (χ1n) is 8.78. The number of rotatable bonds is 7. The SMILES string of the molecule is CC(C)(C)N1CC(CNC(=O)Cc2ccc(OCCN)cc2)CC1=O. The molecule has 6 heteroatoms. The molecule has 1 unspecified atom stereocenters. The Morgan fingerprint density at radius 3 is 2.56 bits per heavy atom. The molecule has 138 valence electrons. The highest BCUT2D eigenvalue weighted by atomic mass is 16.5. The van der Waals surface area contributed by atoms with Gasteiger partial charge in [-0.2, -0.15) is 0 Å². The van der Waals surface area contributed by atoms with Crippen LogP contribution in [-0.4, -0.2) is 48.5 Å². The third kappa shape index (κ3) is 5.74. The van der Waals surface area contributed by atoms with Gasteiger partial charge in [0, 0.05) is 37.5 Å². The van der Waals surface area contributed by atoms with Crippen molar-refractivity contribution in [1.29, 1.82) is 0 Å². The predicted octanol–water partition coefficient (Wildman–Crippen LogP) is 1.33. The molecule has 1 aromatic rings. The van der Waals surface area contributed by atoms with Crippen molar-refractivity contribution in [2.45, 2.75) is 39.2 Å². The molecule has 2 rings (SSSR count). The van der Waals surface area contributed by atoms with Crippen LogP contribution in [0.15, 0.2) is 24.3 Å². The van der Waals surface area contributed by atoms with Crippen LogP contribution in [0.1, 0.15) is 32.8 Å². The maximum absolute atomic E-state index is 12.1. The fraction of sp³-hybridized carbons (Fsp3) is 0.579. The predicted molar refractivity (Wildman–Crippen MR) is 97.3 cm³/mol. The van der Waals surface area contributed by atoms with E-state index in [-0.39, 0.29) is 23.3 Å². The quantitative estimate of drug-likeness (QED) is 0.779. The summed E-state index contributed by atoms with van der Waals surface area (Å²) >= 11 is 0. The Hall–Kier alpha value is -2.08. The standard InChI is InChI=1S/C19H29N3O3/c1-19(2,3)22-13-15(11-18(22)24)12-21-17(23)10-14-4-6-16(7-5-14)25-9-8-20/h4-7,15H,8-13,20H2,1-3H3,(H,21,23). The zero-order valence-electron chi connectivity index (χ0n) is 15.4. The van der Waals surface area contributed by atoms with E-state index < -0.39 is 0 Å². The fourth-order valence-corrected chi connectivity index (χ4v) is 2.95. The van der Waals surface area contributed by atoms with Crippen molar-refractivity contribution in [2.75, 3.05) is 26.2 Å². The van der Waals surface area contributed by atoms with Crippen LogP contribution in [0.4, 0.5) is 0 Å². The van der Waals surface area contributed by atoms with Gasteiger partial charge in [0.15, 0.2) is 0 Å². The van der Waals surface area contributed by atoms with Crippen molar-refractivity contribution in [1.82, 2.24) is 10.2 Å². The molecule has 0 saturated carbocycles. The van der Waals surface area contributed by atoms with Crippen molar-refractivity contribution >= 4 is 11.8 Å². The topological polar surface area (TPSA) is 84.7 Å². The van der Waals surface area contributed by atoms with Gasteiger partial charge in [0.05, 0.1) is 6.42 Å². The van der Waals surface area contributed by atoms with Gasteiger partial charge in [0.2, 0.25) is 11.8 Å². The number of benzene rings is 1. The zero-order valence-corrected chi connectivity index (χ0v) is 15.4. The minimum Gasteiger partial charge on any atom is -0.492 e. The molecule has 3 N–H and O–H groups in total. The minimum atomic E-state index is -0.163. The normalized spacial score (nSPS) is 17.7. The number of nitrogens with one attached hydrogen (secondary N) is 1. The largest absolute Gasteiger partial charge is 0.492 e. The second kappa shape index (κ2) is 8.34. The third-order valence-corrected chi connectivity index (χ3v) is 4.28. The zero-order chi connectivity index (χ0) is 18.4. The number of carbonyl (C=O) groups excluding carboxylic acids is 2. The molecule has 0 bridgehead atoms. The molecule has 1 fully saturated rings. The molecule has 1 heterocycles. The summed E-state index contributed by atoms with van der Waals surface area (Å²) in [5, 5.41) is 2.95. The average molecular weight is 347 g/mol. The Bertz CT molecular complexity index is 593. The summed E-state index contributed by atoms with van der Waals surface area (Å²) in [6, 6.07) is 7.45. The monoisotopic (exact) mass is 347 g/mol. The number of amides is 2. The molecule has 1 saturated heterocycles. The van der Waals surface area contributed by atoms with E-state index in [4.69, 9.17) is 10.5 Å². The van der Waals surface area contributed by atoms with Crippen LogP contribution >= 0.6 is 0 Å². The van der Waals surface area contributed by atoms with Crippen molar-refractivity contribution in [2.24, 2.45) is 11.7 Å². The van der Waals surface area contributed by atoms with Gasteiger partial charge in [-0.15, -0.1) is 0 Å². The van der Waals surface area contributed by atoms with Crippen LogP contribution in [0.5, 0.6) is 5.75 Å². The molecule has 0 aliphatic carbocycles. The lowest BCUT2D eigenvalue weighted by molar-refractivity contribution is -0.131. The Kier molecular flexibility index (Phi) is 6.42. The van der Waals surface area contributed by atoms with Crippen molar-refractivity contribution in [3.05, 3.63) is 29.8 Å². The molecule has 0 aromatic heterocycles. The first kappa shape index (κ1) is 19.2. The molecule has 0 radical (unpaired) electrons. The van der Waals surface area contributed by atoms with Crippen molar-refractivity contribution in [3.63, 3.8) is 0 Å². The summed E-state index contributed by atoms with van der Waals surface area (Å²) in [6.07, 6.45) is 0.825. The van der Waals surface area contributed by atoms with Crippen molar-refractivity contribution in [3.8, 4) is 5.75 Å². The summed E-state index contributed by atoms with van der Waals surface area (Å²) in [4.78, 5) is 26.1. The fourth-order valence-electron chi connectivity index (χ4n) is 2.95. The molecule has 1 atom stereocenters. The summed E-state index contributed by atoms with van der Waals surface area (Å²) < 4.78 is 5.42. The summed E-state index contributed by atoms with van der Waals surface area (Å²) in [6.45, 7) is 8.29. The second-order valence-corrected chi connectivity index (χ2v) is 7.51. The molecule has 0 spiro atoms. The number of hydrogen-bond acceptors (Lipinski definition) is 4. The van der Waals surface area contributed by atoms with Gasteiger partial charge in [-0.25, -0.2) is 0 Å². The Morgan fingerprint density at radius 1 is 1.32 bits per heavy atom. The van der Waals surface area contributed by atoms with E-state index in [2.05, 4.69) is 5.32 Å². The number of hydrogen-bond donors (Lipinski definition) is 2. The number of nitrogens with two attached hydrogens (primary N) is 1. The first-order valence-corrected chi connectivity index (χ1v) is 8.78. The van der Waals surface area contributed by atoms with Gasteiger partial charge in [-0.05, 0) is 38.5 Å². The van der Waals surface area contributed by atoms with Crippen LogP contribution in [-0.2, 0) is 16.0 Å². The molecule has 6 nitrogen and oxygen atoms in total. The Balaban J connectivity index is 1.77. The lowest BCUT2D eigenvalue weighted by Gasteiger charge is -2.32. The first-order chi connectivity index (χ1) is 11.8. The van der Waals surface area contributed by atoms with Crippen LogP contribution in [0.2, 0.25) is 0 Å². The molecular formula is C19H29N3O3. The Labute approximate surface area is 149 Å². The molecule has 1 aromatic carbocycles. The highest BCUT2D eigenvalue weighted by molar-refractivity contribution is 5.80. The van der Waals surface area contributed by atoms with Gasteiger partial charge < -0.3 is 20.7 Å². The highest BCUT2D eigenvalue weighted by Gasteiger charge is 2.36. The summed E-state index contributed by atoms with van der Waals surface area (Å²) in [7, 11) is 0. The second-order valence-electron chi connectivity index (χ2n) is 7.51. The molecule has 1 aliphatic heterocycles. The Morgan fingerprint density at radius 2 is 2.00 bits per heavy atom. The van der Waals surface area contributed by atoms with Gasteiger partial charge in [-0.1, -0.05) is 12.1 Å². The van der Waals surface area contributed by atoms with E-state index in [9.17, 15) is 9.59 Å². The highest BCUT2D eigenvalue weighted by Crippen LogP contribution is 2.25. The van der Waals surface area contributed by atoms with E-state index >= 15 is 0 Å². The summed E-state index contributed by atoms with van der Waals surface area (Å²) in [5.41, 5.74) is 6.16. The van der Waals surface area contributed by atoms with Gasteiger partial charge in [0.25, 0.3) is 0 Å². The van der Waals surface area contributed by atoms with E-state index in [1.54, 1.807) is 0 Å².